The molecule has 0 saturated carbocycles. The number of aromatic nitrogens is 1. The van der Waals surface area contributed by atoms with Gasteiger partial charge in [-0.15, -0.1) is 11.3 Å². The number of aliphatic carboxylic acids is 1. The first-order valence-electron chi connectivity index (χ1n) is 8.36. The first-order chi connectivity index (χ1) is 12.5. The Balaban J connectivity index is 1.71. The summed E-state index contributed by atoms with van der Waals surface area (Å²) in [7, 11) is 0. The minimum atomic E-state index is -0.944. The lowest BCUT2D eigenvalue weighted by molar-refractivity contribution is -0.149. The van der Waals surface area contributed by atoms with E-state index >= 15 is 0 Å². The van der Waals surface area contributed by atoms with Gasteiger partial charge in [0.1, 0.15) is 9.88 Å². The van der Waals surface area contributed by atoms with Gasteiger partial charge in [0.05, 0.1) is 11.6 Å². The summed E-state index contributed by atoms with van der Waals surface area (Å²) in [5.41, 5.74) is -0.110. The normalized spacial score (nSPS) is 12.8. The van der Waals surface area contributed by atoms with Crippen molar-refractivity contribution in [3.8, 4) is 22.1 Å². The summed E-state index contributed by atoms with van der Waals surface area (Å²) in [4.78, 5) is 28.7. The summed E-state index contributed by atoms with van der Waals surface area (Å²) in [6.07, 6.45) is 2.40. The Labute approximate surface area is 155 Å². The van der Waals surface area contributed by atoms with Crippen LogP contribution in [0.1, 0.15) is 36.4 Å². The molecule has 8 heteroatoms. The van der Waals surface area contributed by atoms with Gasteiger partial charge in [-0.3, -0.25) is 9.59 Å². The number of hydrogen-bond acceptors (Lipinski definition) is 6. The Morgan fingerprint density at radius 2 is 2.00 bits per heavy atom. The van der Waals surface area contributed by atoms with Crippen LogP contribution in [0.2, 0.25) is 0 Å². The van der Waals surface area contributed by atoms with Gasteiger partial charge in [-0.25, -0.2) is 4.98 Å². The molecule has 0 unspecified atom stereocenters. The summed E-state index contributed by atoms with van der Waals surface area (Å²) in [5.74, 6) is 0.128. The molecule has 2 heterocycles. The molecule has 0 bridgehead atoms. The maximum absolute atomic E-state index is 12.4. The fourth-order valence-electron chi connectivity index (χ4n) is 2.76. The summed E-state index contributed by atoms with van der Waals surface area (Å²) in [6.45, 7) is 3.92. The molecule has 0 saturated heterocycles. The van der Waals surface area contributed by atoms with Crippen molar-refractivity contribution in [3.63, 3.8) is 0 Å². The number of fused-ring (bicyclic) bond motifs is 1. The Morgan fingerprint density at radius 3 is 2.69 bits per heavy atom. The van der Waals surface area contributed by atoms with Gasteiger partial charge in [0.2, 0.25) is 6.79 Å². The van der Waals surface area contributed by atoms with Gasteiger partial charge in [0, 0.05) is 12.1 Å². The monoisotopic (exact) mass is 376 g/mol. The molecule has 0 spiro atoms. The molecular weight excluding hydrogens is 356 g/mol. The maximum atomic E-state index is 12.4. The number of hydrogen-bond donors (Lipinski definition) is 2. The topological polar surface area (TPSA) is 97.8 Å². The van der Waals surface area contributed by atoms with E-state index in [0.29, 0.717) is 34.2 Å². The number of benzene rings is 1. The van der Waals surface area contributed by atoms with E-state index in [1.807, 2.05) is 32.0 Å². The highest BCUT2D eigenvalue weighted by Gasteiger charge is 2.35. The minimum Gasteiger partial charge on any atom is -0.481 e. The Hall–Kier alpha value is -2.61. The van der Waals surface area contributed by atoms with Crippen LogP contribution in [0.25, 0.3) is 10.6 Å². The number of thiazole rings is 1. The molecule has 0 atom stereocenters. The van der Waals surface area contributed by atoms with Crippen LogP contribution in [0.5, 0.6) is 11.5 Å². The van der Waals surface area contributed by atoms with Crippen molar-refractivity contribution >= 4 is 23.2 Å². The quantitative estimate of drug-likeness (QED) is 0.770. The first-order valence-corrected chi connectivity index (χ1v) is 9.18. The highest BCUT2D eigenvalue weighted by atomic mass is 32.1. The van der Waals surface area contributed by atoms with Crippen molar-refractivity contribution < 1.29 is 24.2 Å². The van der Waals surface area contributed by atoms with Crippen molar-refractivity contribution in [2.45, 2.75) is 26.7 Å². The van der Waals surface area contributed by atoms with E-state index in [1.54, 1.807) is 0 Å². The molecule has 0 fully saturated rings. The van der Waals surface area contributed by atoms with Crippen LogP contribution in [0.15, 0.2) is 24.4 Å². The predicted molar refractivity (Wildman–Crippen MR) is 96.7 cm³/mol. The molecule has 3 rings (SSSR count). The number of carbonyl (C=O) groups is 2. The van der Waals surface area contributed by atoms with E-state index in [4.69, 9.17) is 9.47 Å². The van der Waals surface area contributed by atoms with Crippen molar-refractivity contribution in [2.24, 2.45) is 5.41 Å². The third-order valence-electron chi connectivity index (χ3n) is 4.74. The summed E-state index contributed by atoms with van der Waals surface area (Å²) in [6, 6.07) is 5.49. The number of amides is 1. The average Bonchev–Trinajstić information content (AvgIpc) is 3.31. The maximum Gasteiger partial charge on any atom is 0.311 e. The van der Waals surface area contributed by atoms with E-state index < -0.39 is 11.4 Å². The molecule has 2 aromatic rings. The van der Waals surface area contributed by atoms with Crippen molar-refractivity contribution in [3.05, 3.63) is 29.3 Å². The second-order valence-corrected chi connectivity index (χ2v) is 7.10. The zero-order chi connectivity index (χ0) is 18.7. The number of nitrogens with one attached hydrogen (secondary N) is 1. The molecule has 26 heavy (non-hydrogen) atoms. The third-order valence-corrected chi connectivity index (χ3v) is 5.79. The van der Waals surface area contributed by atoms with Crippen LogP contribution in [0.4, 0.5) is 0 Å². The van der Waals surface area contributed by atoms with Crippen LogP contribution in [-0.2, 0) is 4.79 Å². The largest absolute Gasteiger partial charge is 0.481 e. The van der Waals surface area contributed by atoms with Gasteiger partial charge in [0.15, 0.2) is 11.5 Å². The molecule has 1 aromatic heterocycles. The lowest BCUT2D eigenvalue weighted by atomic mass is 9.82. The van der Waals surface area contributed by atoms with E-state index in [0.717, 1.165) is 5.56 Å². The van der Waals surface area contributed by atoms with Crippen LogP contribution < -0.4 is 14.8 Å². The van der Waals surface area contributed by atoms with Crippen LogP contribution in [-0.4, -0.2) is 35.3 Å². The minimum absolute atomic E-state index is 0.0887. The lowest BCUT2D eigenvalue weighted by Crippen LogP contribution is -2.42. The van der Waals surface area contributed by atoms with Gasteiger partial charge >= 0.3 is 5.97 Å². The van der Waals surface area contributed by atoms with Crippen molar-refractivity contribution in [1.82, 2.24) is 10.3 Å². The van der Waals surface area contributed by atoms with Gasteiger partial charge in [-0.05, 0) is 31.0 Å². The summed E-state index contributed by atoms with van der Waals surface area (Å²) < 4.78 is 10.6. The summed E-state index contributed by atoms with van der Waals surface area (Å²) >= 11 is 1.25. The van der Waals surface area contributed by atoms with Gasteiger partial charge in [-0.2, -0.15) is 0 Å². The van der Waals surface area contributed by atoms with Crippen LogP contribution in [0, 0.1) is 5.41 Å². The fraction of sp³-hybridized carbons (Fsp3) is 0.389. The highest BCUT2D eigenvalue weighted by molar-refractivity contribution is 7.16. The second kappa shape index (κ2) is 7.33. The molecule has 0 aliphatic carbocycles. The van der Waals surface area contributed by atoms with Crippen LogP contribution >= 0.6 is 11.3 Å². The van der Waals surface area contributed by atoms with Crippen LogP contribution in [0.3, 0.4) is 0 Å². The number of carboxylic acids is 1. The molecule has 0 radical (unpaired) electrons. The zero-order valence-corrected chi connectivity index (χ0v) is 15.4. The van der Waals surface area contributed by atoms with Gasteiger partial charge < -0.3 is 19.9 Å². The van der Waals surface area contributed by atoms with E-state index in [-0.39, 0.29) is 19.2 Å². The molecule has 7 nitrogen and oxygen atoms in total. The number of nitrogens with zero attached hydrogens (tertiary/aromatic N) is 1. The Kier molecular flexibility index (Phi) is 5.13. The lowest BCUT2D eigenvalue weighted by Gasteiger charge is -2.26. The SMILES string of the molecule is CCC(CC)(CNC(=O)c1cnc(-c2ccc3c(c2)OCO3)s1)C(=O)O. The van der Waals surface area contributed by atoms with Gasteiger partial charge in [-0.1, -0.05) is 13.8 Å². The molecule has 1 aromatic carbocycles. The molecule has 1 aliphatic heterocycles. The van der Waals surface area contributed by atoms with E-state index in [1.165, 1.54) is 17.5 Å². The number of ether oxygens (including phenoxy) is 2. The second-order valence-electron chi connectivity index (χ2n) is 6.07. The van der Waals surface area contributed by atoms with Crippen molar-refractivity contribution in [2.75, 3.05) is 13.3 Å². The predicted octanol–water partition coefficient (Wildman–Crippen LogP) is 3.16. The molecular formula is C18H20N2O5S. The highest BCUT2D eigenvalue weighted by Crippen LogP contribution is 2.37. The standard InChI is InChI=1S/C18H20N2O5S/c1-3-18(4-2,17(22)23)9-20-15(21)14-8-19-16(26-14)11-5-6-12-13(7-11)25-10-24-12/h5-8H,3-4,9-10H2,1-2H3,(H,20,21)(H,22,23). The number of rotatable bonds is 7. The average molecular weight is 376 g/mol. The van der Waals surface area contributed by atoms with Crippen molar-refractivity contribution in [1.29, 1.82) is 0 Å². The van der Waals surface area contributed by atoms with E-state index in [9.17, 15) is 14.7 Å². The number of carboxylic acid groups (broad SMARTS) is 1. The zero-order valence-electron chi connectivity index (χ0n) is 14.6. The van der Waals surface area contributed by atoms with E-state index in [2.05, 4.69) is 10.3 Å². The first kappa shape index (κ1) is 18.2. The molecule has 1 amide bonds. The smallest absolute Gasteiger partial charge is 0.311 e. The molecule has 138 valence electrons. The third kappa shape index (κ3) is 3.37. The molecule has 1 aliphatic rings. The Bertz CT molecular complexity index is 829. The number of carbonyl (C=O) groups excluding carboxylic acids is 1. The Morgan fingerprint density at radius 1 is 1.27 bits per heavy atom. The van der Waals surface area contributed by atoms with Gasteiger partial charge in [0.25, 0.3) is 5.91 Å². The molecule has 2 N–H and O–H groups in total. The fourth-order valence-corrected chi connectivity index (χ4v) is 3.59. The summed E-state index contributed by atoms with van der Waals surface area (Å²) in [5, 5.41) is 12.9.